The Kier molecular flexibility index (Phi) is 8.87. The molecule has 4 fully saturated rings. The second-order valence-corrected chi connectivity index (χ2v) is 12.8. The van der Waals surface area contributed by atoms with E-state index in [2.05, 4.69) is 52.3 Å². The van der Waals surface area contributed by atoms with Crippen LogP contribution >= 0.6 is 0 Å². The van der Waals surface area contributed by atoms with E-state index in [1.165, 1.54) is 23.6 Å². The van der Waals surface area contributed by atoms with E-state index in [0.717, 1.165) is 50.9 Å². The number of piperazine rings is 1. The van der Waals surface area contributed by atoms with Gasteiger partial charge in [0.25, 0.3) is 0 Å². The van der Waals surface area contributed by atoms with Gasteiger partial charge in [-0.15, -0.1) is 0 Å². The van der Waals surface area contributed by atoms with Crippen LogP contribution in [0.3, 0.4) is 0 Å². The minimum atomic E-state index is -0.279. The second kappa shape index (κ2) is 12.6. The average molecular weight is 579 g/mol. The lowest BCUT2D eigenvalue weighted by Gasteiger charge is -2.56. The molecule has 2 N–H and O–H groups in total. The van der Waals surface area contributed by atoms with Crippen LogP contribution in [0.15, 0.2) is 30.9 Å². The van der Waals surface area contributed by atoms with E-state index in [0.29, 0.717) is 44.7 Å². The number of carbonyl (C=O) groups is 1. The highest BCUT2D eigenvalue weighted by atomic mass is 16.5. The fraction of sp³-hybridized carbons (Fsp3) is 0.688. The van der Waals surface area contributed by atoms with Crippen molar-refractivity contribution in [3.63, 3.8) is 0 Å². The number of carbonyl (C=O) groups excluding carboxylic acids is 1. The molecular weight excluding hydrogens is 532 g/mol. The van der Waals surface area contributed by atoms with Crippen molar-refractivity contribution in [3.8, 4) is 11.8 Å². The second-order valence-electron chi connectivity index (χ2n) is 12.8. The van der Waals surface area contributed by atoms with Gasteiger partial charge in [-0.1, -0.05) is 12.6 Å². The third kappa shape index (κ3) is 5.96. The molecule has 10 nitrogen and oxygen atoms in total. The summed E-state index contributed by atoms with van der Waals surface area (Å²) in [6, 6.07) is 9.12. The number of likely N-dealkylation sites (tertiary alicyclic amines) is 1. The molecule has 1 aliphatic carbocycles. The van der Waals surface area contributed by atoms with Crippen LogP contribution in [0.5, 0.6) is 5.75 Å². The highest BCUT2D eigenvalue weighted by Gasteiger charge is 2.50. The van der Waals surface area contributed by atoms with Crippen molar-refractivity contribution in [1.82, 2.24) is 25.3 Å². The fourth-order valence-corrected chi connectivity index (χ4v) is 8.01. The van der Waals surface area contributed by atoms with Crippen LogP contribution < -0.4 is 15.4 Å². The monoisotopic (exact) mass is 578 g/mol. The van der Waals surface area contributed by atoms with Gasteiger partial charge in [-0.05, 0) is 75.0 Å². The first-order chi connectivity index (χ1) is 20.4. The Bertz CT molecular complexity index is 1190. The van der Waals surface area contributed by atoms with E-state index in [1.807, 2.05) is 11.0 Å². The third-order valence-corrected chi connectivity index (χ3v) is 10.4. The summed E-state index contributed by atoms with van der Waals surface area (Å²) in [6.45, 7) is 8.09. The van der Waals surface area contributed by atoms with E-state index in [9.17, 15) is 10.1 Å². The number of benzene rings is 1. The zero-order valence-electron chi connectivity index (χ0n) is 25.1. The Hall–Kier alpha value is -2.52. The molecule has 1 aromatic rings. The van der Waals surface area contributed by atoms with Gasteiger partial charge in [-0.3, -0.25) is 20.3 Å². The summed E-state index contributed by atoms with van der Waals surface area (Å²) in [7, 11) is 3.90. The molecule has 7 atom stereocenters. The fourth-order valence-electron chi connectivity index (χ4n) is 8.01. The number of ether oxygens (including phenoxy) is 3. The maximum atomic E-state index is 12.6. The van der Waals surface area contributed by atoms with Gasteiger partial charge in [0.15, 0.2) is 6.35 Å². The first kappa shape index (κ1) is 29.5. The number of nitrogens with one attached hydrogen (secondary N) is 2. The van der Waals surface area contributed by atoms with Crippen molar-refractivity contribution in [2.24, 2.45) is 5.92 Å². The molecule has 4 heterocycles. The first-order valence-electron chi connectivity index (χ1n) is 15.6. The third-order valence-electron chi connectivity index (χ3n) is 10.4. The number of nitriles is 1. The van der Waals surface area contributed by atoms with E-state index in [-0.39, 0.29) is 36.1 Å². The molecule has 0 bridgehead atoms. The van der Waals surface area contributed by atoms with Gasteiger partial charge < -0.3 is 24.0 Å². The van der Waals surface area contributed by atoms with E-state index in [4.69, 9.17) is 14.2 Å². The van der Waals surface area contributed by atoms with Gasteiger partial charge in [0.1, 0.15) is 5.75 Å². The van der Waals surface area contributed by atoms with E-state index < -0.39 is 0 Å². The molecule has 3 saturated heterocycles. The quantitative estimate of drug-likeness (QED) is 0.472. The maximum absolute atomic E-state index is 12.6. The average Bonchev–Trinajstić information content (AvgIpc) is 3.43. The zero-order chi connectivity index (χ0) is 29.3. The normalized spacial score (nSPS) is 35.3. The molecule has 6 unspecified atom stereocenters. The van der Waals surface area contributed by atoms with Crippen LogP contribution in [0.25, 0.3) is 0 Å². The summed E-state index contributed by atoms with van der Waals surface area (Å²) in [4.78, 5) is 19.2. The van der Waals surface area contributed by atoms with Gasteiger partial charge in [0.05, 0.1) is 50.6 Å². The molecule has 0 aromatic heterocycles. The molecule has 10 heteroatoms. The number of hydrogen-bond acceptors (Lipinski definition) is 9. The van der Waals surface area contributed by atoms with Gasteiger partial charge >= 0.3 is 0 Å². The first-order valence-corrected chi connectivity index (χ1v) is 15.6. The summed E-state index contributed by atoms with van der Waals surface area (Å²) >= 11 is 0. The molecule has 1 aromatic carbocycles. The smallest absolute Gasteiger partial charge is 0.246 e. The number of hydrogen-bond donors (Lipinski definition) is 2. The molecule has 4 aliphatic heterocycles. The van der Waals surface area contributed by atoms with Crippen molar-refractivity contribution >= 4 is 5.91 Å². The number of rotatable bonds is 7. The van der Waals surface area contributed by atoms with Gasteiger partial charge in [-0.2, -0.15) is 5.26 Å². The lowest BCUT2D eigenvalue weighted by atomic mass is 9.69. The molecule has 6 rings (SSSR count). The van der Waals surface area contributed by atoms with Crippen LogP contribution in [0.2, 0.25) is 0 Å². The van der Waals surface area contributed by atoms with Crippen molar-refractivity contribution in [2.75, 3.05) is 46.9 Å². The van der Waals surface area contributed by atoms with Crippen LogP contribution in [0.4, 0.5) is 0 Å². The predicted octanol–water partition coefficient (Wildman–Crippen LogP) is 2.20. The maximum Gasteiger partial charge on any atom is 0.246 e. The van der Waals surface area contributed by atoms with Crippen LogP contribution in [0, 0.1) is 17.2 Å². The summed E-state index contributed by atoms with van der Waals surface area (Å²) in [6.07, 6.45) is 7.64. The molecular formula is C32H46N6O4. The number of nitrogens with zero attached hydrogens (tertiary/aromatic N) is 4. The number of amides is 1. The molecule has 1 amide bonds. The van der Waals surface area contributed by atoms with Crippen molar-refractivity contribution in [1.29, 1.82) is 5.26 Å². The summed E-state index contributed by atoms with van der Waals surface area (Å²) in [5.41, 5.74) is 2.35. The largest absolute Gasteiger partial charge is 0.497 e. The van der Waals surface area contributed by atoms with Crippen molar-refractivity contribution in [2.45, 2.75) is 87.8 Å². The highest BCUT2D eigenvalue weighted by Crippen LogP contribution is 2.44. The van der Waals surface area contributed by atoms with Crippen LogP contribution in [-0.4, -0.2) is 104 Å². The van der Waals surface area contributed by atoms with Crippen molar-refractivity contribution in [3.05, 3.63) is 42.0 Å². The Labute approximate surface area is 249 Å². The summed E-state index contributed by atoms with van der Waals surface area (Å²) < 4.78 is 18.8. The Morgan fingerprint density at radius 1 is 1.24 bits per heavy atom. The lowest BCUT2D eigenvalue weighted by Crippen LogP contribution is -2.73. The number of fused-ring (bicyclic) bond motifs is 2. The highest BCUT2D eigenvalue weighted by molar-refractivity contribution is 5.87. The van der Waals surface area contributed by atoms with Gasteiger partial charge in [0.2, 0.25) is 5.91 Å². The molecule has 42 heavy (non-hydrogen) atoms. The molecule has 1 saturated carbocycles. The molecule has 0 radical (unpaired) electrons. The minimum absolute atomic E-state index is 0.0815. The van der Waals surface area contributed by atoms with Crippen molar-refractivity contribution < 1.29 is 19.0 Å². The Morgan fingerprint density at radius 3 is 2.88 bits per heavy atom. The summed E-state index contributed by atoms with van der Waals surface area (Å²) in [5, 5.41) is 17.2. The van der Waals surface area contributed by atoms with Crippen LogP contribution in [-0.2, 0) is 27.3 Å². The summed E-state index contributed by atoms with van der Waals surface area (Å²) in [5.74, 6) is 1.15. The number of methoxy groups -OCH3 is 1. The zero-order valence-corrected chi connectivity index (χ0v) is 25.1. The lowest BCUT2D eigenvalue weighted by molar-refractivity contribution is -0.153. The topological polar surface area (TPSA) is 102 Å². The van der Waals surface area contributed by atoms with Crippen LogP contribution in [0.1, 0.15) is 49.7 Å². The Morgan fingerprint density at radius 2 is 2.12 bits per heavy atom. The molecule has 1 spiro atoms. The molecule has 228 valence electrons. The van der Waals surface area contributed by atoms with E-state index in [1.54, 1.807) is 7.11 Å². The van der Waals surface area contributed by atoms with Gasteiger partial charge in [0, 0.05) is 44.1 Å². The standard InChI is InChI=1S/C32H46N6O4/c1-4-29(39)38-15-14-37(19-24(38)10-12-33)30-27-9-11-32(17-23-16-26(40-3)8-7-22(23)20-42-32)18-28(27)34-31(35-30)41-21-25-6-5-13-36(25)2/h4,7-8,16,24-25,27-28,30-31,34-35H,1,5-6,9-11,13-15,17-21H2,2-3H3/t24?,25?,27?,28?,30?,31?,32-/m1/s1. The number of likely N-dealkylation sites (N-methyl/N-ethyl adjacent to an activating group) is 1. The SMILES string of the molecule is C=CC(=O)N1CCN(C2NC(OCC3CCCN3C)NC3C[C@@]4(CCC32)Cc2cc(OC)ccc2CO4)CC1CC#N. The van der Waals surface area contributed by atoms with Gasteiger partial charge in [-0.25, -0.2) is 0 Å². The Balaban J connectivity index is 1.21. The predicted molar refractivity (Wildman–Crippen MR) is 158 cm³/mol. The molecule has 5 aliphatic rings. The minimum Gasteiger partial charge on any atom is -0.497 e. The van der Waals surface area contributed by atoms with E-state index >= 15 is 0 Å².